The van der Waals surface area contributed by atoms with Crippen molar-refractivity contribution in [2.24, 2.45) is 0 Å². The first kappa shape index (κ1) is 16.0. The first-order valence-electron chi connectivity index (χ1n) is 7.37. The molecule has 0 amide bonds. The average molecular weight is 305 g/mol. The fourth-order valence-electron chi connectivity index (χ4n) is 2.18. The van der Waals surface area contributed by atoms with Crippen LogP contribution in [0, 0.1) is 6.92 Å². The second kappa shape index (κ2) is 8.15. The molecule has 0 bridgehead atoms. The van der Waals surface area contributed by atoms with Gasteiger partial charge in [-0.1, -0.05) is 19.1 Å². The Morgan fingerprint density at radius 2 is 1.95 bits per heavy atom. The van der Waals surface area contributed by atoms with Crippen LogP contribution in [0.5, 0.6) is 5.75 Å². The Hall–Kier alpha value is -1.39. The molecule has 2 aromatic rings. The fraction of sp³-hybridized carbons (Fsp3) is 0.412. The van der Waals surface area contributed by atoms with Gasteiger partial charge in [0, 0.05) is 16.7 Å². The van der Waals surface area contributed by atoms with E-state index in [-0.39, 0.29) is 0 Å². The lowest BCUT2D eigenvalue weighted by Crippen LogP contribution is -2.22. The van der Waals surface area contributed by atoms with Crippen molar-refractivity contribution in [2.45, 2.75) is 31.7 Å². The lowest BCUT2D eigenvalue weighted by atomic mass is 10.1. The summed E-state index contributed by atoms with van der Waals surface area (Å²) in [5, 5.41) is 3.54. The number of aryl methyl sites for hydroxylation is 1. The van der Waals surface area contributed by atoms with E-state index in [4.69, 9.17) is 9.15 Å². The molecule has 0 spiro atoms. The highest BCUT2D eigenvalue weighted by molar-refractivity contribution is 7.99. The minimum atomic E-state index is 0.324. The van der Waals surface area contributed by atoms with Crippen LogP contribution in [0.1, 0.15) is 31.2 Å². The number of hydrogen-bond donors (Lipinski definition) is 1. The van der Waals surface area contributed by atoms with Gasteiger partial charge < -0.3 is 14.5 Å². The quantitative estimate of drug-likeness (QED) is 0.732. The van der Waals surface area contributed by atoms with Crippen LogP contribution in [0.15, 0.2) is 45.9 Å². The van der Waals surface area contributed by atoms with Crippen molar-refractivity contribution in [2.75, 3.05) is 18.9 Å². The molecule has 1 atom stereocenters. The van der Waals surface area contributed by atoms with Crippen molar-refractivity contribution in [1.82, 2.24) is 5.32 Å². The van der Waals surface area contributed by atoms with Crippen molar-refractivity contribution in [3.63, 3.8) is 0 Å². The van der Waals surface area contributed by atoms with Crippen LogP contribution in [-0.4, -0.2) is 18.9 Å². The number of ether oxygens (including phenoxy) is 1. The second-order valence-corrected chi connectivity index (χ2v) is 5.83. The highest BCUT2D eigenvalue weighted by Gasteiger charge is 2.12. The van der Waals surface area contributed by atoms with E-state index in [0.717, 1.165) is 23.8 Å². The first-order valence-corrected chi connectivity index (χ1v) is 8.36. The normalized spacial score (nSPS) is 12.3. The summed E-state index contributed by atoms with van der Waals surface area (Å²) in [7, 11) is 0. The lowest BCUT2D eigenvalue weighted by Gasteiger charge is -2.18. The molecule has 0 aliphatic heterocycles. The molecule has 1 aromatic heterocycles. The van der Waals surface area contributed by atoms with Crippen LogP contribution < -0.4 is 10.1 Å². The van der Waals surface area contributed by atoms with Crippen LogP contribution >= 0.6 is 11.8 Å². The maximum Gasteiger partial charge on any atom is 0.119 e. The molecular formula is C17H23NO2S. The lowest BCUT2D eigenvalue weighted by molar-refractivity contribution is 0.340. The zero-order valence-corrected chi connectivity index (χ0v) is 13.7. The summed E-state index contributed by atoms with van der Waals surface area (Å²) >= 11 is 1.82. The van der Waals surface area contributed by atoms with Gasteiger partial charge in [0.1, 0.15) is 11.5 Å². The molecule has 21 heavy (non-hydrogen) atoms. The number of nitrogens with one attached hydrogen (secondary N) is 1. The molecule has 0 aliphatic carbocycles. The Balaban J connectivity index is 2.02. The van der Waals surface area contributed by atoms with Gasteiger partial charge in [-0.2, -0.15) is 0 Å². The van der Waals surface area contributed by atoms with Crippen molar-refractivity contribution < 1.29 is 9.15 Å². The highest BCUT2D eigenvalue weighted by atomic mass is 32.2. The number of rotatable bonds is 8. The topological polar surface area (TPSA) is 34.4 Å². The molecule has 114 valence electrons. The predicted molar refractivity (Wildman–Crippen MR) is 88.2 cm³/mol. The van der Waals surface area contributed by atoms with Crippen molar-refractivity contribution in [3.8, 4) is 5.75 Å². The third-order valence-corrected chi connectivity index (χ3v) is 4.50. The van der Waals surface area contributed by atoms with Crippen LogP contribution in [0.3, 0.4) is 0 Å². The van der Waals surface area contributed by atoms with E-state index in [1.807, 2.05) is 43.8 Å². The summed E-state index contributed by atoms with van der Waals surface area (Å²) in [6.45, 7) is 7.78. The van der Waals surface area contributed by atoms with Gasteiger partial charge in [0.05, 0.1) is 12.9 Å². The van der Waals surface area contributed by atoms with Crippen LogP contribution in [0.25, 0.3) is 0 Å². The third kappa shape index (κ3) is 4.55. The smallest absolute Gasteiger partial charge is 0.119 e. The molecule has 0 aliphatic rings. The summed E-state index contributed by atoms with van der Waals surface area (Å²) in [6.07, 6.45) is 1.75. The van der Waals surface area contributed by atoms with E-state index in [2.05, 4.69) is 24.4 Å². The molecule has 1 N–H and O–H groups in total. The summed E-state index contributed by atoms with van der Waals surface area (Å²) < 4.78 is 10.8. The molecule has 2 rings (SSSR count). The van der Waals surface area contributed by atoms with Gasteiger partial charge in [-0.15, -0.1) is 11.8 Å². The summed E-state index contributed by atoms with van der Waals surface area (Å²) in [5.41, 5.74) is 1.29. The zero-order chi connectivity index (χ0) is 15.1. The number of thioether (sulfide) groups is 1. The molecule has 4 heteroatoms. The van der Waals surface area contributed by atoms with E-state index < -0.39 is 0 Å². The van der Waals surface area contributed by atoms with Gasteiger partial charge in [0.25, 0.3) is 0 Å². The van der Waals surface area contributed by atoms with Gasteiger partial charge in [-0.3, -0.25) is 0 Å². The van der Waals surface area contributed by atoms with E-state index in [1.54, 1.807) is 6.26 Å². The Labute approximate surface area is 131 Å². The molecule has 0 saturated carbocycles. The summed E-state index contributed by atoms with van der Waals surface area (Å²) in [4.78, 5) is 1.21. The number of furan rings is 1. The monoisotopic (exact) mass is 305 g/mol. The molecule has 0 fully saturated rings. The van der Waals surface area contributed by atoms with Crippen LogP contribution in [-0.2, 0) is 0 Å². The predicted octanol–water partition coefficient (Wildman–Crippen LogP) is 4.43. The highest BCUT2D eigenvalue weighted by Crippen LogP contribution is 2.28. The Morgan fingerprint density at radius 3 is 2.52 bits per heavy atom. The van der Waals surface area contributed by atoms with Gasteiger partial charge in [-0.05, 0) is 44.2 Å². The molecule has 0 saturated heterocycles. The molecule has 1 aromatic carbocycles. The average Bonchev–Trinajstić information content (AvgIpc) is 2.90. The molecule has 3 nitrogen and oxygen atoms in total. The number of hydrogen-bond acceptors (Lipinski definition) is 4. The fourth-order valence-corrected chi connectivity index (χ4v) is 3.24. The maximum absolute atomic E-state index is 5.50. The molecule has 1 heterocycles. The van der Waals surface area contributed by atoms with Crippen LogP contribution in [0.2, 0.25) is 0 Å². The van der Waals surface area contributed by atoms with Gasteiger partial charge in [-0.25, -0.2) is 0 Å². The minimum Gasteiger partial charge on any atom is -0.494 e. The Kier molecular flexibility index (Phi) is 6.21. The van der Waals surface area contributed by atoms with E-state index >= 15 is 0 Å². The SMILES string of the molecule is CCNC(CSc1ccoc1C)c1ccc(OCC)cc1. The van der Waals surface area contributed by atoms with Gasteiger partial charge in [0.15, 0.2) is 0 Å². The van der Waals surface area contributed by atoms with Crippen LogP contribution in [0.4, 0.5) is 0 Å². The summed E-state index contributed by atoms with van der Waals surface area (Å²) in [6, 6.07) is 10.7. The molecule has 0 radical (unpaired) electrons. The van der Waals surface area contributed by atoms with Crippen molar-refractivity contribution in [1.29, 1.82) is 0 Å². The van der Waals surface area contributed by atoms with Crippen molar-refractivity contribution >= 4 is 11.8 Å². The van der Waals surface area contributed by atoms with E-state index in [0.29, 0.717) is 12.6 Å². The summed E-state index contributed by atoms with van der Waals surface area (Å²) in [5.74, 6) is 2.89. The van der Waals surface area contributed by atoms with Gasteiger partial charge in [0.2, 0.25) is 0 Å². The largest absolute Gasteiger partial charge is 0.494 e. The van der Waals surface area contributed by atoms with E-state index in [9.17, 15) is 0 Å². The molecular weight excluding hydrogens is 282 g/mol. The Morgan fingerprint density at radius 1 is 1.19 bits per heavy atom. The third-order valence-electron chi connectivity index (χ3n) is 3.26. The maximum atomic E-state index is 5.50. The first-order chi connectivity index (χ1) is 10.2. The van der Waals surface area contributed by atoms with Crippen molar-refractivity contribution in [3.05, 3.63) is 47.9 Å². The Bertz CT molecular complexity index is 536. The van der Waals surface area contributed by atoms with Gasteiger partial charge >= 0.3 is 0 Å². The second-order valence-electron chi connectivity index (χ2n) is 4.76. The standard InChI is InChI=1S/C17H23NO2S/c1-4-18-16(12-21-17-10-11-20-13(17)3)14-6-8-15(9-7-14)19-5-2/h6-11,16,18H,4-5,12H2,1-3H3. The van der Waals surface area contributed by atoms with E-state index in [1.165, 1.54) is 10.5 Å². The number of benzene rings is 1. The zero-order valence-electron chi connectivity index (χ0n) is 12.9. The molecule has 1 unspecified atom stereocenters. The minimum absolute atomic E-state index is 0.324.